The molecule has 5 rings (SSSR count). The Morgan fingerprint density at radius 2 is 1.54 bits per heavy atom. The molecule has 3 heterocycles. The number of urea groups is 1. The molecule has 1 saturated carbocycles. The summed E-state index contributed by atoms with van der Waals surface area (Å²) in [4.78, 5) is 65.8. The fraction of sp³-hybridized carbons (Fsp3) is 0.632. The fourth-order valence-electron chi connectivity index (χ4n) is 6.42. The van der Waals surface area contributed by atoms with E-state index in [1.807, 2.05) is 41.3 Å². The van der Waals surface area contributed by atoms with Crippen LogP contribution < -0.4 is 10.6 Å². The molecule has 296 valence electrons. The summed E-state index contributed by atoms with van der Waals surface area (Å²) >= 11 is 0. The molecule has 2 aromatic rings. The van der Waals surface area contributed by atoms with E-state index in [1.165, 1.54) is 4.90 Å². The molecule has 5 amide bonds. The van der Waals surface area contributed by atoms with E-state index in [0.29, 0.717) is 31.0 Å². The quantitative estimate of drug-likeness (QED) is 0.159. The summed E-state index contributed by atoms with van der Waals surface area (Å²) in [6.07, 6.45) is 0.863. The van der Waals surface area contributed by atoms with Gasteiger partial charge in [0, 0.05) is 32.1 Å². The highest BCUT2D eigenvalue weighted by molar-refractivity contribution is 6.01. The molecule has 0 unspecified atom stereocenters. The predicted octanol–water partition coefficient (Wildman–Crippen LogP) is 6.32. The standard InChI is InChI=1S/C38H55N7O9/c1-35(2,3)51-31(46)40-30(41-32(47)52-36(4,5)6)39-18-20-43(34(49)53-37(7,8)9)19-15-26-21-27(42-54-26)28-22-38(16-17-38)29-23-44(28)33(48)45(29)50-24-25-13-11-10-12-14-25/h10-14,21,28-29H,15-20,22-24H2,1-9H3,(H2,39,40,41,46,47)/t28-,29-/m0/s1. The smallest absolute Gasteiger partial charge is 0.414 e. The van der Waals surface area contributed by atoms with Crippen molar-refractivity contribution in [1.82, 2.24) is 30.7 Å². The summed E-state index contributed by atoms with van der Waals surface area (Å²) < 4.78 is 22.1. The molecule has 16 heteroatoms. The number of aliphatic imine (C=N–C) groups is 1. The average molecular weight is 754 g/mol. The highest BCUT2D eigenvalue weighted by Gasteiger charge is 2.63. The van der Waals surface area contributed by atoms with E-state index in [1.54, 1.807) is 67.4 Å². The van der Waals surface area contributed by atoms with Crippen molar-refractivity contribution < 1.29 is 42.7 Å². The van der Waals surface area contributed by atoms with Gasteiger partial charge in [0.25, 0.3) is 0 Å². The Morgan fingerprint density at radius 1 is 0.926 bits per heavy atom. The van der Waals surface area contributed by atoms with Gasteiger partial charge in [0.15, 0.2) is 0 Å². The molecule has 1 spiro atoms. The second-order valence-corrected chi connectivity index (χ2v) is 17.0. The van der Waals surface area contributed by atoms with Gasteiger partial charge in [-0.15, -0.1) is 0 Å². The van der Waals surface area contributed by atoms with Gasteiger partial charge in [-0.25, -0.2) is 19.2 Å². The van der Waals surface area contributed by atoms with Crippen molar-refractivity contribution >= 4 is 30.3 Å². The van der Waals surface area contributed by atoms with Crippen molar-refractivity contribution in [3.8, 4) is 0 Å². The van der Waals surface area contributed by atoms with Gasteiger partial charge >= 0.3 is 24.3 Å². The first kappa shape index (κ1) is 40.3. The number of ether oxygens (including phenoxy) is 3. The molecule has 1 aromatic carbocycles. The van der Waals surface area contributed by atoms with Crippen LogP contribution in [0.4, 0.5) is 19.2 Å². The van der Waals surface area contributed by atoms with Crippen molar-refractivity contribution in [2.75, 3.05) is 26.2 Å². The summed E-state index contributed by atoms with van der Waals surface area (Å²) in [6, 6.07) is 11.2. The van der Waals surface area contributed by atoms with Gasteiger partial charge in [0.05, 0.1) is 18.6 Å². The number of piperidine rings is 1. The molecular weight excluding hydrogens is 698 g/mol. The van der Waals surface area contributed by atoms with Crippen LogP contribution in [0.2, 0.25) is 0 Å². The Balaban J connectivity index is 1.24. The van der Waals surface area contributed by atoms with E-state index < -0.39 is 35.1 Å². The van der Waals surface area contributed by atoms with Crippen molar-refractivity contribution in [1.29, 1.82) is 0 Å². The third-order valence-electron chi connectivity index (χ3n) is 8.95. The molecule has 1 aliphatic carbocycles. The topological polar surface area (TPSA) is 177 Å². The SMILES string of the molecule is CC(C)(C)OC(=O)NC(=NCCN(CCc1cc([C@@H]2CC3(CC3)[C@@H]3CN2C(=O)N3OCc2ccccc2)no1)C(=O)OC(C)(C)C)NC(=O)OC(C)(C)C. The first-order chi connectivity index (χ1) is 25.2. The minimum atomic E-state index is -0.827. The first-order valence-corrected chi connectivity index (χ1v) is 18.4. The highest BCUT2D eigenvalue weighted by atomic mass is 16.7. The number of carbonyl (C=O) groups is 4. The third kappa shape index (κ3) is 11.1. The summed E-state index contributed by atoms with van der Waals surface area (Å²) in [5, 5.41) is 10.8. The fourth-order valence-corrected chi connectivity index (χ4v) is 6.42. The number of carbonyl (C=O) groups excluding carboxylic acids is 4. The number of alkyl carbamates (subject to hydrolysis) is 2. The minimum absolute atomic E-state index is 0.0134. The maximum atomic E-state index is 13.6. The van der Waals surface area contributed by atoms with Gasteiger partial charge in [0.1, 0.15) is 34.9 Å². The molecular formula is C38H55N7O9. The van der Waals surface area contributed by atoms with E-state index in [2.05, 4.69) is 20.8 Å². The Bertz CT molecular complexity index is 1650. The molecule has 1 aromatic heterocycles. The van der Waals surface area contributed by atoms with Gasteiger partial charge < -0.3 is 28.5 Å². The third-order valence-corrected chi connectivity index (χ3v) is 8.95. The zero-order valence-corrected chi connectivity index (χ0v) is 32.9. The number of amides is 5. The van der Waals surface area contributed by atoms with Crippen LogP contribution in [-0.2, 0) is 32.1 Å². The summed E-state index contributed by atoms with van der Waals surface area (Å²) in [5.41, 5.74) is -0.727. The van der Waals surface area contributed by atoms with Crippen LogP contribution >= 0.6 is 0 Å². The predicted molar refractivity (Wildman–Crippen MR) is 197 cm³/mol. The number of guanidine groups is 1. The van der Waals surface area contributed by atoms with Gasteiger partial charge in [-0.1, -0.05) is 35.5 Å². The number of hydrogen-bond donors (Lipinski definition) is 2. The number of fused-ring (bicyclic) bond motifs is 3. The number of hydrogen-bond acceptors (Lipinski definition) is 11. The van der Waals surface area contributed by atoms with Crippen LogP contribution in [0, 0.1) is 5.41 Å². The van der Waals surface area contributed by atoms with Crippen molar-refractivity contribution in [3.05, 3.63) is 53.4 Å². The van der Waals surface area contributed by atoms with Gasteiger partial charge in [-0.2, -0.15) is 5.06 Å². The molecule has 3 aliphatic rings. The van der Waals surface area contributed by atoms with E-state index >= 15 is 0 Å². The van der Waals surface area contributed by atoms with Crippen molar-refractivity contribution in [3.63, 3.8) is 0 Å². The molecule has 54 heavy (non-hydrogen) atoms. The van der Waals surface area contributed by atoms with E-state index in [4.69, 9.17) is 23.6 Å². The first-order valence-electron chi connectivity index (χ1n) is 18.4. The van der Waals surface area contributed by atoms with E-state index in [9.17, 15) is 19.2 Å². The Hall–Kier alpha value is -4.86. The van der Waals surface area contributed by atoms with Crippen LogP contribution in [0.1, 0.15) is 105 Å². The number of rotatable bonds is 10. The summed E-state index contributed by atoms with van der Waals surface area (Å²) in [5.74, 6) is 0.336. The summed E-state index contributed by atoms with van der Waals surface area (Å²) in [7, 11) is 0. The molecule has 2 N–H and O–H groups in total. The zero-order valence-electron chi connectivity index (χ0n) is 32.9. The second kappa shape index (κ2) is 15.9. The Morgan fingerprint density at radius 3 is 2.11 bits per heavy atom. The average Bonchev–Trinajstić information content (AvgIpc) is 3.52. The second-order valence-electron chi connectivity index (χ2n) is 17.0. The number of nitrogens with zero attached hydrogens (tertiary/aromatic N) is 5. The van der Waals surface area contributed by atoms with Crippen molar-refractivity contribution in [2.24, 2.45) is 10.4 Å². The van der Waals surface area contributed by atoms with Crippen LogP contribution in [-0.4, -0.2) is 99.3 Å². The van der Waals surface area contributed by atoms with Gasteiger partial charge in [-0.05, 0) is 92.6 Å². The number of benzene rings is 1. The lowest BCUT2D eigenvalue weighted by Gasteiger charge is -2.35. The highest BCUT2D eigenvalue weighted by Crippen LogP contribution is 2.61. The van der Waals surface area contributed by atoms with E-state index in [0.717, 1.165) is 24.8 Å². The molecule has 16 nitrogen and oxygen atoms in total. The molecule has 2 atom stereocenters. The largest absolute Gasteiger partial charge is 0.444 e. The van der Waals surface area contributed by atoms with Crippen LogP contribution in [0.25, 0.3) is 0 Å². The zero-order chi connectivity index (χ0) is 39.5. The maximum absolute atomic E-state index is 13.6. The molecule has 0 radical (unpaired) electrons. The normalized spacial score (nSPS) is 18.9. The number of aromatic nitrogens is 1. The lowest BCUT2D eigenvalue weighted by atomic mass is 9.84. The lowest BCUT2D eigenvalue weighted by Crippen LogP contribution is -2.47. The monoisotopic (exact) mass is 753 g/mol. The minimum Gasteiger partial charge on any atom is -0.444 e. The van der Waals surface area contributed by atoms with Crippen LogP contribution in [0.15, 0.2) is 45.9 Å². The van der Waals surface area contributed by atoms with Crippen LogP contribution in [0.3, 0.4) is 0 Å². The van der Waals surface area contributed by atoms with E-state index in [-0.39, 0.29) is 49.1 Å². The molecule has 2 bridgehead atoms. The van der Waals surface area contributed by atoms with Gasteiger partial charge in [0.2, 0.25) is 5.96 Å². The molecule has 2 saturated heterocycles. The number of hydroxylamine groups is 2. The van der Waals surface area contributed by atoms with Gasteiger partial charge in [-0.3, -0.25) is 20.5 Å². The Kier molecular flexibility index (Phi) is 11.8. The lowest BCUT2D eigenvalue weighted by molar-refractivity contribution is -0.153. The summed E-state index contributed by atoms with van der Waals surface area (Å²) in [6.45, 7) is 16.7. The Labute approximate surface area is 316 Å². The van der Waals surface area contributed by atoms with Crippen molar-refractivity contribution in [2.45, 2.75) is 123 Å². The number of nitrogens with one attached hydrogen (secondary N) is 2. The molecule has 2 aliphatic heterocycles. The maximum Gasteiger partial charge on any atom is 0.414 e. The molecule has 3 fully saturated rings. The van der Waals surface area contributed by atoms with Crippen LogP contribution in [0.5, 0.6) is 0 Å².